The summed E-state index contributed by atoms with van der Waals surface area (Å²) in [5, 5.41) is 3.70. The molecule has 216 valence electrons. The molecule has 0 bridgehead atoms. The number of hydrogen-bond acceptors (Lipinski definition) is 8. The summed E-state index contributed by atoms with van der Waals surface area (Å²) in [7, 11) is 1.66. The first-order valence-electron chi connectivity index (χ1n) is 13.6. The number of halogens is 3. The smallest absolute Gasteiger partial charge is 0.417 e. The Balaban J connectivity index is 1.25. The molecule has 0 spiro atoms. The van der Waals surface area contributed by atoms with E-state index < -0.39 is 17.2 Å². The molecule has 4 aliphatic rings. The van der Waals surface area contributed by atoms with Gasteiger partial charge >= 0.3 is 6.18 Å². The van der Waals surface area contributed by atoms with Gasteiger partial charge in [0.2, 0.25) is 5.91 Å². The number of ether oxygens (including phenoxy) is 2. The first-order chi connectivity index (χ1) is 19.2. The van der Waals surface area contributed by atoms with Crippen molar-refractivity contribution < 1.29 is 36.7 Å². The number of likely N-dealkylation sites (tertiary alicyclic amines) is 1. The van der Waals surface area contributed by atoms with Crippen LogP contribution in [0.15, 0.2) is 29.3 Å². The van der Waals surface area contributed by atoms with Crippen LogP contribution >= 0.6 is 0 Å². The van der Waals surface area contributed by atoms with Crippen molar-refractivity contribution in [1.29, 1.82) is 0 Å². The van der Waals surface area contributed by atoms with E-state index in [0.29, 0.717) is 56.8 Å². The monoisotopic (exact) mass is 563 g/mol. The van der Waals surface area contributed by atoms with Crippen molar-refractivity contribution >= 4 is 11.8 Å². The van der Waals surface area contributed by atoms with Gasteiger partial charge in [-0.15, -0.1) is 0 Å². The summed E-state index contributed by atoms with van der Waals surface area (Å²) in [5.41, 5.74) is -0.515. The fraction of sp³-hybridized carbons (Fsp3) is 0.630. The lowest BCUT2D eigenvalue weighted by Crippen LogP contribution is -2.52. The Kier molecular flexibility index (Phi) is 7.07. The Morgan fingerprint density at radius 3 is 2.85 bits per heavy atom. The van der Waals surface area contributed by atoms with E-state index in [9.17, 15) is 22.8 Å². The van der Waals surface area contributed by atoms with Crippen LogP contribution in [0.2, 0.25) is 0 Å². The van der Waals surface area contributed by atoms with Crippen molar-refractivity contribution in [3.05, 3.63) is 47.4 Å². The van der Waals surface area contributed by atoms with Gasteiger partial charge in [-0.25, -0.2) is 4.98 Å². The summed E-state index contributed by atoms with van der Waals surface area (Å²) < 4.78 is 56.3. The first kappa shape index (κ1) is 27.2. The lowest BCUT2D eigenvalue weighted by molar-refractivity contribution is -0.143. The molecule has 3 fully saturated rings. The van der Waals surface area contributed by atoms with Gasteiger partial charge in [0.15, 0.2) is 12.1 Å². The van der Waals surface area contributed by atoms with Crippen molar-refractivity contribution in [3.63, 3.8) is 0 Å². The van der Waals surface area contributed by atoms with Gasteiger partial charge in [-0.3, -0.25) is 14.6 Å². The Hall–Kier alpha value is -3.03. The van der Waals surface area contributed by atoms with Crippen molar-refractivity contribution in [2.75, 3.05) is 40.0 Å². The lowest BCUT2D eigenvalue weighted by Gasteiger charge is -2.37. The molecule has 5 atom stereocenters. The number of alkyl halides is 3. The van der Waals surface area contributed by atoms with E-state index in [0.717, 1.165) is 18.7 Å². The topological polar surface area (TPSA) is 110 Å². The average Bonchev–Trinajstić information content (AvgIpc) is 3.67. The molecule has 13 heteroatoms. The number of carbonyl (C=O) groups excluding carboxylic acids is 2. The summed E-state index contributed by atoms with van der Waals surface area (Å²) in [6.45, 7) is 2.14. The van der Waals surface area contributed by atoms with Gasteiger partial charge in [-0.1, -0.05) is 0 Å². The van der Waals surface area contributed by atoms with Gasteiger partial charge in [0, 0.05) is 70.3 Å². The van der Waals surface area contributed by atoms with E-state index in [1.807, 2.05) is 0 Å². The van der Waals surface area contributed by atoms with Crippen LogP contribution in [0, 0.1) is 11.3 Å². The molecule has 3 aliphatic heterocycles. The summed E-state index contributed by atoms with van der Waals surface area (Å²) in [4.78, 5) is 38.9. The van der Waals surface area contributed by atoms with E-state index in [1.54, 1.807) is 16.9 Å². The molecule has 40 heavy (non-hydrogen) atoms. The van der Waals surface area contributed by atoms with Crippen molar-refractivity contribution in [2.24, 2.45) is 11.3 Å². The van der Waals surface area contributed by atoms with Crippen molar-refractivity contribution in [1.82, 2.24) is 25.1 Å². The predicted octanol–water partition coefficient (Wildman–Crippen LogP) is 2.29. The molecule has 5 heterocycles. The third-order valence-corrected chi connectivity index (χ3v) is 8.95. The molecule has 2 aromatic rings. The molecule has 2 amide bonds. The quantitative estimate of drug-likeness (QED) is 0.590. The summed E-state index contributed by atoms with van der Waals surface area (Å²) in [6.07, 6.45) is 1.09. The highest BCUT2D eigenvalue weighted by Gasteiger charge is 2.60. The van der Waals surface area contributed by atoms with Gasteiger partial charge in [0.1, 0.15) is 6.26 Å². The summed E-state index contributed by atoms with van der Waals surface area (Å²) >= 11 is 0. The Labute approximate surface area is 229 Å². The Morgan fingerprint density at radius 1 is 1.25 bits per heavy atom. The molecular weight excluding hydrogens is 531 g/mol. The number of fused-ring (bicyclic) bond motifs is 2. The van der Waals surface area contributed by atoms with Gasteiger partial charge in [-0.05, 0) is 36.8 Å². The van der Waals surface area contributed by atoms with Crippen molar-refractivity contribution in [2.45, 2.75) is 56.6 Å². The SMILES string of the molecule is COC1COCCC1NC1CC2CN(C(=O)c3cocn3)CC2(C(=O)N2CCc3ncc(C(F)(F)F)cc3C2)C1. The number of oxazole rings is 1. The Morgan fingerprint density at radius 2 is 2.10 bits per heavy atom. The van der Waals surface area contributed by atoms with E-state index in [1.165, 1.54) is 12.7 Å². The number of hydrogen-bond donors (Lipinski definition) is 1. The third kappa shape index (κ3) is 4.88. The molecule has 0 aromatic carbocycles. The number of aromatic nitrogens is 2. The maximum absolute atomic E-state index is 14.3. The van der Waals surface area contributed by atoms with Gasteiger partial charge in [-0.2, -0.15) is 13.2 Å². The standard InChI is InChI=1S/C27H32F3N5O5/c1-38-23-13-39-5-3-21(23)33-19-7-18-11-35(24(36)22-12-40-15-32-22)14-26(18,8-19)25(37)34-4-2-20-16(10-34)6-17(9-31-20)27(28,29)30/h6,9,12,15,18-19,21,23,33H,2-5,7-8,10-11,13-14H2,1H3. The predicted molar refractivity (Wildman–Crippen MR) is 133 cm³/mol. The number of nitrogens with one attached hydrogen (secondary N) is 1. The van der Waals surface area contributed by atoms with Gasteiger partial charge in [0.05, 0.1) is 23.7 Å². The Bertz CT molecular complexity index is 1260. The number of rotatable bonds is 5. The van der Waals surface area contributed by atoms with E-state index in [-0.39, 0.29) is 54.7 Å². The fourth-order valence-corrected chi connectivity index (χ4v) is 6.97. The molecule has 6 rings (SSSR count). The number of nitrogens with zero attached hydrogens (tertiary/aromatic N) is 4. The second kappa shape index (κ2) is 10.4. The molecule has 1 N–H and O–H groups in total. The van der Waals surface area contributed by atoms with Crippen LogP contribution in [0.25, 0.3) is 0 Å². The minimum absolute atomic E-state index is 0.0228. The fourth-order valence-electron chi connectivity index (χ4n) is 6.97. The number of carbonyl (C=O) groups is 2. The third-order valence-electron chi connectivity index (χ3n) is 8.95. The average molecular weight is 564 g/mol. The minimum Gasteiger partial charge on any atom is -0.451 e. The molecular formula is C27H32F3N5O5. The number of methoxy groups -OCH3 is 1. The maximum Gasteiger partial charge on any atom is 0.417 e. The van der Waals surface area contributed by atoms with E-state index in [4.69, 9.17) is 13.9 Å². The molecule has 10 nitrogen and oxygen atoms in total. The molecule has 2 saturated heterocycles. The van der Waals surface area contributed by atoms with Crippen LogP contribution in [0.3, 0.4) is 0 Å². The van der Waals surface area contributed by atoms with Gasteiger partial charge < -0.3 is 29.0 Å². The zero-order valence-electron chi connectivity index (χ0n) is 22.2. The highest BCUT2D eigenvalue weighted by Crippen LogP contribution is 2.51. The zero-order valence-corrected chi connectivity index (χ0v) is 22.2. The van der Waals surface area contributed by atoms with Crippen molar-refractivity contribution in [3.8, 4) is 0 Å². The molecule has 0 radical (unpaired) electrons. The highest BCUT2D eigenvalue weighted by molar-refractivity contribution is 5.93. The zero-order chi connectivity index (χ0) is 28.1. The van der Waals surface area contributed by atoms with E-state index >= 15 is 0 Å². The maximum atomic E-state index is 14.3. The van der Waals surface area contributed by atoms with Crippen LogP contribution in [0.1, 0.15) is 46.6 Å². The van der Waals surface area contributed by atoms with Crippen LogP contribution in [-0.4, -0.2) is 89.7 Å². The number of amides is 2. The van der Waals surface area contributed by atoms with Crippen LogP contribution in [-0.2, 0) is 33.4 Å². The normalized spacial score (nSPS) is 30.3. The molecule has 5 unspecified atom stereocenters. The largest absolute Gasteiger partial charge is 0.451 e. The van der Waals surface area contributed by atoms with Crippen LogP contribution in [0.4, 0.5) is 13.2 Å². The second-order valence-corrected chi connectivity index (χ2v) is 11.3. The first-order valence-corrected chi connectivity index (χ1v) is 13.6. The minimum atomic E-state index is -4.51. The second-order valence-electron chi connectivity index (χ2n) is 11.3. The molecule has 2 aromatic heterocycles. The number of pyridine rings is 1. The van der Waals surface area contributed by atoms with Gasteiger partial charge in [0.25, 0.3) is 5.91 Å². The van der Waals surface area contributed by atoms with Crippen LogP contribution in [0.5, 0.6) is 0 Å². The lowest BCUT2D eigenvalue weighted by atomic mass is 9.78. The highest BCUT2D eigenvalue weighted by atomic mass is 19.4. The van der Waals surface area contributed by atoms with Crippen LogP contribution < -0.4 is 5.32 Å². The molecule has 1 aliphatic carbocycles. The summed E-state index contributed by atoms with van der Waals surface area (Å²) in [5.74, 6) is -0.544. The van der Waals surface area contributed by atoms with E-state index in [2.05, 4.69) is 15.3 Å². The summed E-state index contributed by atoms with van der Waals surface area (Å²) in [6, 6.07) is 1.20. The molecule has 1 saturated carbocycles.